The molecular weight excluding hydrogens is 425 g/mol. The zero-order chi connectivity index (χ0) is 22.9. The van der Waals surface area contributed by atoms with Crippen LogP contribution in [0.5, 0.6) is 5.75 Å². The summed E-state index contributed by atoms with van der Waals surface area (Å²) in [7, 11) is 1.75. The van der Waals surface area contributed by atoms with Crippen molar-refractivity contribution in [3.63, 3.8) is 0 Å². The summed E-state index contributed by atoms with van der Waals surface area (Å²) >= 11 is 0. The Morgan fingerprint density at radius 1 is 1.03 bits per heavy atom. The van der Waals surface area contributed by atoms with E-state index in [1.54, 1.807) is 13.8 Å². The number of carbonyl (C=O) groups is 1. The zero-order valence-corrected chi connectivity index (χ0v) is 21.2. The summed E-state index contributed by atoms with van der Waals surface area (Å²) in [5.74, 6) is -1.52. The molecule has 0 unspecified atom stereocenters. The van der Waals surface area contributed by atoms with Crippen LogP contribution < -0.4 is 15.3 Å². The minimum atomic E-state index is -1.23. The number of aliphatic hydroxyl groups excluding tert-OH is 1. The molecule has 7 nitrogen and oxygen atoms in total. The minimum Gasteiger partial charge on any atom is -2.00 e. The molecule has 1 aromatic carbocycles. The van der Waals surface area contributed by atoms with Crippen LogP contribution in [0.2, 0.25) is 0 Å². The third kappa shape index (κ3) is 11.1. The monoisotopic (exact) mass is 461 g/mol. The quantitative estimate of drug-likeness (QED) is 0.665. The average molecular weight is 461 g/mol. The third-order valence-electron chi connectivity index (χ3n) is 4.04. The fraction of sp³-hybridized carbons (Fsp3) is 0.636. The van der Waals surface area contributed by atoms with E-state index in [2.05, 4.69) is 25.8 Å². The molecule has 0 aliphatic carbocycles. The van der Waals surface area contributed by atoms with Gasteiger partial charge in [-0.3, -0.25) is 4.99 Å². The summed E-state index contributed by atoms with van der Waals surface area (Å²) in [6.07, 6.45) is 1.40. The Bertz CT molecular complexity index is 646. The average Bonchev–Trinajstić information content (AvgIpc) is 2.57. The van der Waals surface area contributed by atoms with Crippen molar-refractivity contribution in [2.24, 2.45) is 10.9 Å². The Hall–Kier alpha value is -1.38. The number of carboxylic acids is 1. The number of nitrogens with zero attached hydrogens (tertiary/aromatic N) is 1. The molecule has 0 aliphatic rings. The number of hydrogen-bond acceptors (Lipinski definition) is 6. The predicted octanol–water partition coefficient (Wildman–Crippen LogP) is 1.01. The van der Waals surface area contributed by atoms with E-state index < -0.39 is 12.0 Å². The van der Waals surface area contributed by atoms with E-state index in [1.165, 1.54) is 6.21 Å². The molecule has 175 valence electrons. The molecule has 0 bridgehead atoms. The first-order chi connectivity index (χ1) is 12.7. The van der Waals surface area contributed by atoms with Crippen molar-refractivity contribution in [2.45, 2.75) is 72.3 Å². The van der Waals surface area contributed by atoms with E-state index in [4.69, 9.17) is 10.2 Å². The number of benzene rings is 1. The molecule has 30 heavy (non-hydrogen) atoms. The van der Waals surface area contributed by atoms with Crippen LogP contribution >= 0.6 is 0 Å². The maximum Gasteiger partial charge on any atom is 0.0915 e. The topological polar surface area (TPSA) is 147 Å². The first-order valence-electron chi connectivity index (χ1n) is 9.20. The number of aliphatic imine (C=N–C) groups is 1. The Balaban J connectivity index is -0.000000529. The minimum absolute atomic E-state index is 0. The first-order valence-corrected chi connectivity index (χ1v) is 9.20. The molecule has 1 radical (unpaired) electrons. The second-order valence-corrected chi connectivity index (χ2v) is 8.73. The van der Waals surface area contributed by atoms with Gasteiger partial charge in [0.25, 0.3) is 0 Å². The SMILES string of the molecule is CC(C)[C@H](N=Cc1cc(C(C)(C)C)cc(C(C)(C)C)c1[O-])C(=O)[O-].CO.C[O-].[O-2].[V]. The van der Waals surface area contributed by atoms with Crippen LogP contribution in [0.1, 0.15) is 72.1 Å². The molecule has 1 atom stereocenters. The van der Waals surface area contributed by atoms with Crippen molar-refractivity contribution < 1.29 is 49.3 Å². The van der Waals surface area contributed by atoms with Gasteiger partial charge in [-0.25, -0.2) is 0 Å². The second kappa shape index (κ2) is 15.4. The number of carbonyl (C=O) groups excluding carboxylic acids is 1. The van der Waals surface area contributed by atoms with Crippen LogP contribution in [0.3, 0.4) is 0 Å². The number of rotatable bonds is 4. The number of aliphatic hydroxyl groups is 1. The van der Waals surface area contributed by atoms with Crippen LogP contribution in [0.25, 0.3) is 0 Å². The molecule has 0 heterocycles. The van der Waals surface area contributed by atoms with Gasteiger partial charge < -0.3 is 30.7 Å². The zero-order valence-electron chi connectivity index (χ0n) is 19.8. The standard InChI is InChI=1S/C20H31NO3.CH4O.CH3O.O.V/c1-12(2)16(18(23)24)21-11-13-9-14(19(3,4)5)10-15(17(13)22)20(6,7)8;2*1-2;;/h9-12,16,22H,1-8H3,(H,23,24);2H,1H3;1H3;;/q;;-1;-2;/p-2/t16-;;;;/m0..../s1. The molecule has 0 saturated carbocycles. The van der Waals surface area contributed by atoms with Gasteiger partial charge in [0.1, 0.15) is 0 Å². The van der Waals surface area contributed by atoms with E-state index in [9.17, 15) is 15.0 Å². The van der Waals surface area contributed by atoms with Gasteiger partial charge in [0.2, 0.25) is 0 Å². The van der Waals surface area contributed by atoms with Crippen molar-refractivity contribution in [3.05, 3.63) is 28.8 Å². The van der Waals surface area contributed by atoms with E-state index in [0.717, 1.165) is 19.8 Å². The third-order valence-corrected chi connectivity index (χ3v) is 4.04. The number of carboxylic acid groups (broad SMARTS) is 1. The molecular formula is C22H36NO6V-5. The summed E-state index contributed by atoms with van der Waals surface area (Å²) in [6.45, 7) is 15.8. The summed E-state index contributed by atoms with van der Waals surface area (Å²) in [5.41, 5.74) is 1.75. The smallest absolute Gasteiger partial charge is 0.0915 e. The largest absolute Gasteiger partial charge is 2.00 e. The van der Waals surface area contributed by atoms with E-state index in [1.807, 2.05) is 32.9 Å². The van der Waals surface area contributed by atoms with Gasteiger partial charge in [-0.2, -0.15) is 7.11 Å². The fourth-order valence-electron chi connectivity index (χ4n) is 2.40. The summed E-state index contributed by atoms with van der Waals surface area (Å²) in [6, 6.07) is 2.81. The van der Waals surface area contributed by atoms with E-state index in [-0.39, 0.29) is 46.5 Å². The van der Waals surface area contributed by atoms with Crippen molar-refractivity contribution in [1.82, 2.24) is 0 Å². The van der Waals surface area contributed by atoms with Gasteiger partial charge in [-0.05, 0) is 33.4 Å². The van der Waals surface area contributed by atoms with Gasteiger partial charge >= 0.3 is 0 Å². The van der Waals surface area contributed by atoms with Crippen molar-refractivity contribution in [1.29, 1.82) is 0 Å². The van der Waals surface area contributed by atoms with Gasteiger partial charge in [-0.1, -0.05) is 73.3 Å². The summed E-state index contributed by atoms with van der Waals surface area (Å²) in [5, 5.41) is 39.2. The Kier molecular flexibility index (Phi) is 18.5. The summed E-state index contributed by atoms with van der Waals surface area (Å²) in [4.78, 5) is 15.3. The molecule has 0 fully saturated rings. The number of aliphatic carboxylic acids is 1. The molecule has 0 aliphatic heterocycles. The molecule has 0 saturated heterocycles. The van der Waals surface area contributed by atoms with E-state index >= 15 is 0 Å². The van der Waals surface area contributed by atoms with Crippen LogP contribution in [0.15, 0.2) is 17.1 Å². The van der Waals surface area contributed by atoms with Crippen molar-refractivity contribution in [3.8, 4) is 5.75 Å². The van der Waals surface area contributed by atoms with Crippen molar-refractivity contribution >= 4 is 12.2 Å². The second-order valence-electron chi connectivity index (χ2n) is 8.73. The van der Waals surface area contributed by atoms with Gasteiger partial charge in [0, 0.05) is 31.9 Å². The van der Waals surface area contributed by atoms with E-state index in [0.29, 0.717) is 11.1 Å². The first kappa shape index (κ1) is 36.0. The Labute approximate surface area is 193 Å². The Morgan fingerprint density at radius 2 is 1.47 bits per heavy atom. The van der Waals surface area contributed by atoms with Crippen molar-refractivity contribution in [2.75, 3.05) is 14.2 Å². The maximum absolute atomic E-state index is 12.8. The van der Waals surface area contributed by atoms with Gasteiger partial charge in [-0.15, -0.1) is 0 Å². The molecule has 0 spiro atoms. The number of hydrogen-bond donors (Lipinski definition) is 1. The van der Waals surface area contributed by atoms with Gasteiger partial charge in [0.05, 0.1) is 12.0 Å². The molecule has 1 rings (SSSR count). The molecule has 1 aromatic rings. The van der Waals surface area contributed by atoms with Crippen LogP contribution in [-0.4, -0.2) is 37.6 Å². The predicted molar refractivity (Wildman–Crippen MR) is 109 cm³/mol. The Morgan fingerprint density at radius 3 is 1.77 bits per heavy atom. The molecule has 0 aromatic heterocycles. The van der Waals surface area contributed by atoms with Crippen LogP contribution in [0, 0.1) is 5.92 Å². The van der Waals surface area contributed by atoms with Crippen LogP contribution in [0.4, 0.5) is 0 Å². The normalized spacial score (nSPS) is 11.9. The maximum atomic E-state index is 12.8. The molecule has 0 amide bonds. The molecule has 8 heteroatoms. The van der Waals surface area contributed by atoms with Gasteiger partial charge in [0.15, 0.2) is 0 Å². The van der Waals surface area contributed by atoms with Crippen LogP contribution in [-0.2, 0) is 39.7 Å². The summed E-state index contributed by atoms with van der Waals surface area (Å²) < 4.78 is 0. The molecule has 1 N–H and O–H groups in total. The fourth-order valence-corrected chi connectivity index (χ4v) is 2.40.